The van der Waals surface area contributed by atoms with Crippen LogP contribution >= 0.6 is 0 Å². The van der Waals surface area contributed by atoms with Crippen molar-refractivity contribution in [2.24, 2.45) is 0 Å². The van der Waals surface area contributed by atoms with E-state index in [4.69, 9.17) is 14.7 Å². The van der Waals surface area contributed by atoms with E-state index in [0.717, 1.165) is 5.56 Å². The van der Waals surface area contributed by atoms with Gasteiger partial charge in [0.1, 0.15) is 12.4 Å². The number of nitrogens with zero attached hydrogens (tertiary/aromatic N) is 1. The van der Waals surface area contributed by atoms with Crippen molar-refractivity contribution in [1.82, 2.24) is 5.32 Å². The van der Waals surface area contributed by atoms with Gasteiger partial charge >= 0.3 is 5.97 Å². The van der Waals surface area contributed by atoms with Gasteiger partial charge < -0.3 is 14.8 Å². The summed E-state index contributed by atoms with van der Waals surface area (Å²) in [5.41, 5.74) is 1.24. The molecule has 0 fully saturated rings. The average molecular weight is 234 g/mol. The van der Waals surface area contributed by atoms with Gasteiger partial charge in [0.25, 0.3) is 0 Å². The number of nitrogens with one attached hydrogen (secondary N) is 1. The van der Waals surface area contributed by atoms with Gasteiger partial charge in [-0.15, -0.1) is 0 Å². The Labute approximate surface area is 100.0 Å². The van der Waals surface area contributed by atoms with Crippen molar-refractivity contribution in [3.8, 4) is 11.8 Å². The molecule has 0 saturated carbocycles. The number of benzene rings is 1. The Hall–Kier alpha value is -2.06. The Bertz CT molecular complexity index is 438. The quantitative estimate of drug-likeness (QED) is 0.764. The molecule has 1 aromatic carbocycles. The predicted molar refractivity (Wildman–Crippen MR) is 61.4 cm³/mol. The molecule has 1 rings (SSSR count). The van der Waals surface area contributed by atoms with Gasteiger partial charge in [-0.2, -0.15) is 5.26 Å². The van der Waals surface area contributed by atoms with Crippen molar-refractivity contribution >= 4 is 5.97 Å². The number of nitriles is 1. The van der Waals surface area contributed by atoms with Crippen LogP contribution in [-0.4, -0.2) is 26.7 Å². The third-order valence-electron chi connectivity index (χ3n) is 2.13. The molecule has 0 aliphatic carbocycles. The van der Waals surface area contributed by atoms with Crippen LogP contribution in [0.5, 0.6) is 5.75 Å². The Kier molecular flexibility index (Phi) is 4.98. The monoisotopic (exact) mass is 234 g/mol. The molecular formula is C12H14N2O3. The van der Waals surface area contributed by atoms with E-state index in [9.17, 15) is 4.79 Å². The van der Waals surface area contributed by atoms with E-state index in [1.165, 1.54) is 7.11 Å². The fourth-order valence-electron chi connectivity index (χ4n) is 1.29. The highest BCUT2D eigenvalue weighted by molar-refractivity contribution is 5.71. The third-order valence-corrected chi connectivity index (χ3v) is 2.13. The lowest BCUT2D eigenvalue weighted by atomic mass is 10.1. The topological polar surface area (TPSA) is 71.3 Å². The van der Waals surface area contributed by atoms with Crippen LogP contribution in [0.15, 0.2) is 18.2 Å². The van der Waals surface area contributed by atoms with Crippen LogP contribution in [-0.2, 0) is 16.1 Å². The summed E-state index contributed by atoms with van der Waals surface area (Å²) in [6.45, 7) is 0.300. The van der Waals surface area contributed by atoms with Crippen molar-refractivity contribution in [1.29, 1.82) is 5.26 Å². The van der Waals surface area contributed by atoms with E-state index >= 15 is 0 Å². The average Bonchev–Trinajstić information content (AvgIpc) is 2.36. The molecule has 0 radical (unpaired) electrons. The first-order chi connectivity index (χ1) is 8.21. The van der Waals surface area contributed by atoms with Gasteiger partial charge in [-0.1, -0.05) is 6.07 Å². The van der Waals surface area contributed by atoms with Gasteiger partial charge in [0.05, 0.1) is 25.3 Å². The van der Waals surface area contributed by atoms with Gasteiger partial charge in [-0.05, 0) is 19.2 Å². The fraction of sp³-hybridized carbons (Fsp3) is 0.333. The Morgan fingerprint density at radius 2 is 2.29 bits per heavy atom. The molecule has 0 aliphatic rings. The van der Waals surface area contributed by atoms with E-state index < -0.39 is 0 Å². The molecule has 0 amide bonds. The van der Waals surface area contributed by atoms with E-state index in [2.05, 4.69) is 5.32 Å². The second-order valence-electron chi connectivity index (χ2n) is 3.33. The lowest BCUT2D eigenvalue weighted by Gasteiger charge is -2.09. The summed E-state index contributed by atoms with van der Waals surface area (Å²) in [7, 11) is 3.18. The van der Waals surface area contributed by atoms with Crippen molar-refractivity contribution in [3.63, 3.8) is 0 Å². The molecule has 1 N–H and O–H groups in total. The maximum atomic E-state index is 11.2. The van der Waals surface area contributed by atoms with Crippen LogP contribution in [0.4, 0.5) is 0 Å². The SMILES string of the molecule is CNCC(=O)OCc1ccc(C#N)cc1OC. The van der Waals surface area contributed by atoms with Crippen LogP contribution in [0.2, 0.25) is 0 Å². The number of hydrogen-bond acceptors (Lipinski definition) is 5. The zero-order valence-electron chi connectivity index (χ0n) is 9.82. The van der Waals surface area contributed by atoms with Crippen LogP contribution in [0.25, 0.3) is 0 Å². The summed E-state index contributed by atoms with van der Waals surface area (Å²) in [5.74, 6) is 0.209. The molecular weight excluding hydrogens is 220 g/mol. The van der Waals surface area contributed by atoms with E-state index in [1.54, 1.807) is 25.2 Å². The molecule has 5 nitrogen and oxygen atoms in total. The second kappa shape index (κ2) is 6.51. The highest BCUT2D eigenvalue weighted by Crippen LogP contribution is 2.20. The lowest BCUT2D eigenvalue weighted by molar-refractivity contribution is -0.143. The van der Waals surface area contributed by atoms with Gasteiger partial charge in [-0.25, -0.2) is 0 Å². The summed E-state index contributed by atoms with van der Waals surface area (Å²) < 4.78 is 10.1. The van der Waals surface area contributed by atoms with Crippen molar-refractivity contribution in [3.05, 3.63) is 29.3 Å². The molecule has 5 heteroatoms. The minimum atomic E-state index is -0.334. The minimum Gasteiger partial charge on any atom is -0.496 e. The van der Waals surface area contributed by atoms with Crippen LogP contribution in [0.1, 0.15) is 11.1 Å². The molecule has 0 atom stereocenters. The summed E-state index contributed by atoms with van der Waals surface area (Å²) in [6, 6.07) is 7.00. The molecule has 0 aliphatic heterocycles. The first kappa shape index (κ1) is 13.0. The normalized spacial score (nSPS) is 9.47. The number of methoxy groups -OCH3 is 1. The zero-order chi connectivity index (χ0) is 12.7. The zero-order valence-corrected chi connectivity index (χ0v) is 9.82. The second-order valence-corrected chi connectivity index (χ2v) is 3.33. The first-order valence-electron chi connectivity index (χ1n) is 5.08. The molecule has 0 aromatic heterocycles. The number of esters is 1. The predicted octanol–water partition coefficient (Wildman–Crippen LogP) is 0.829. The minimum absolute atomic E-state index is 0.134. The maximum Gasteiger partial charge on any atom is 0.320 e. The molecule has 0 heterocycles. The molecule has 0 unspecified atom stereocenters. The fourth-order valence-corrected chi connectivity index (χ4v) is 1.29. The smallest absolute Gasteiger partial charge is 0.320 e. The standard InChI is InChI=1S/C12H14N2O3/c1-14-7-12(15)17-8-10-4-3-9(6-13)5-11(10)16-2/h3-5,14H,7-8H2,1-2H3. The highest BCUT2D eigenvalue weighted by atomic mass is 16.5. The summed E-state index contributed by atoms with van der Waals surface area (Å²) >= 11 is 0. The number of ether oxygens (including phenoxy) is 2. The van der Waals surface area contributed by atoms with E-state index in [1.807, 2.05) is 6.07 Å². The summed E-state index contributed by atoms with van der Waals surface area (Å²) in [4.78, 5) is 11.2. The largest absolute Gasteiger partial charge is 0.496 e. The molecule has 0 saturated heterocycles. The number of carbonyl (C=O) groups excluding carboxylic acids is 1. The van der Waals surface area contributed by atoms with Crippen molar-refractivity contribution in [2.75, 3.05) is 20.7 Å². The summed E-state index contributed by atoms with van der Waals surface area (Å²) in [6.07, 6.45) is 0. The highest BCUT2D eigenvalue weighted by Gasteiger charge is 2.07. The number of likely N-dealkylation sites (N-methyl/N-ethyl adjacent to an activating group) is 1. The van der Waals surface area contributed by atoms with E-state index in [0.29, 0.717) is 11.3 Å². The molecule has 0 spiro atoms. The third kappa shape index (κ3) is 3.78. The van der Waals surface area contributed by atoms with Gasteiger partial charge in [0.15, 0.2) is 0 Å². The Balaban J connectivity index is 2.71. The van der Waals surface area contributed by atoms with Crippen molar-refractivity contribution < 1.29 is 14.3 Å². The Morgan fingerprint density at radius 3 is 2.88 bits per heavy atom. The first-order valence-corrected chi connectivity index (χ1v) is 5.08. The number of carbonyl (C=O) groups is 1. The van der Waals surface area contributed by atoms with Crippen LogP contribution < -0.4 is 10.1 Å². The van der Waals surface area contributed by atoms with Gasteiger partial charge in [-0.3, -0.25) is 4.79 Å². The Morgan fingerprint density at radius 1 is 1.53 bits per heavy atom. The van der Waals surface area contributed by atoms with Crippen LogP contribution in [0.3, 0.4) is 0 Å². The molecule has 0 bridgehead atoms. The van der Waals surface area contributed by atoms with Gasteiger partial charge in [0.2, 0.25) is 0 Å². The van der Waals surface area contributed by atoms with Gasteiger partial charge in [0, 0.05) is 5.56 Å². The lowest BCUT2D eigenvalue weighted by Crippen LogP contribution is -2.20. The molecule has 17 heavy (non-hydrogen) atoms. The molecule has 90 valence electrons. The molecule has 1 aromatic rings. The number of hydrogen-bond donors (Lipinski definition) is 1. The van der Waals surface area contributed by atoms with E-state index in [-0.39, 0.29) is 19.1 Å². The number of rotatable bonds is 5. The summed E-state index contributed by atoms with van der Waals surface area (Å²) in [5, 5.41) is 11.4. The van der Waals surface area contributed by atoms with Crippen molar-refractivity contribution in [2.45, 2.75) is 6.61 Å². The maximum absolute atomic E-state index is 11.2. The van der Waals surface area contributed by atoms with Crippen LogP contribution in [0, 0.1) is 11.3 Å².